The molecule has 11 heteroatoms. The van der Waals surface area contributed by atoms with E-state index in [1.165, 1.54) is 34.8 Å². The van der Waals surface area contributed by atoms with Gasteiger partial charge in [-0.3, -0.25) is 19.2 Å². The van der Waals surface area contributed by atoms with Crippen molar-refractivity contribution in [1.29, 1.82) is 0 Å². The first-order valence-corrected chi connectivity index (χ1v) is 10.6. The van der Waals surface area contributed by atoms with Crippen LogP contribution in [0.4, 0.5) is 0 Å². The molecule has 1 saturated heterocycles. The second kappa shape index (κ2) is 10.6. The average molecular weight is 477 g/mol. The highest BCUT2D eigenvalue weighted by Crippen LogP contribution is 2.39. The zero-order chi connectivity index (χ0) is 25.0. The van der Waals surface area contributed by atoms with Crippen LogP contribution in [0.15, 0.2) is 24.3 Å². The molecule has 1 fully saturated rings. The van der Waals surface area contributed by atoms with Gasteiger partial charge in [0.25, 0.3) is 0 Å². The molecule has 1 aromatic heterocycles. The van der Waals surface area contributed by atoms with E-state index in [2.05, 4.69) is 4.98 Å². The van der Waals surface area contributed by atoms with Crippen molar-refractivity contribution in [2.24, 2.45) is 0 Å². The standard InChI is InChI=1S/C23H27NO10/c1-11(25)30-10-19-21(31-12(2)26)23(33-14(4)28)22(32-13(3)27)20(34-19)17-9-15-16(24-17)7-6-8-18(15)29-5/h6-9,19-24H,10H2,1-5H3/t19-,20+,21-,22+,23+/m1/s1. The lowest BCUT2D eigenvalue weighted by Crippen LogP contribution is -2.59. The van der Waals surface area contributed by atoms with Gasteiger partial charge in [0.2, 0.25) is 0 Å². The molecule has 184 valence electrons. The molecule has 0 bridgehead atoms. The number of esters is 4. The zero-order valence-corrected chi connectivity index (χ0v) is 19.5. The first-order valence-electron chi connectivity index (χ1n) is 10.6. The molecular formula is C23H27NO10. The third-order valence-electron chi connectivity index (χ3n) is 5.16. The Hall–Kier alpha value is -3.60. The first-order chi connectivity index (χ1) is 16.1. The lowest BCUT2D eigenvalue weighted by molar-refractivity contribution is -0.255. The number of fused-ring (bicyclic) bond motifs is 1. The molecule has 1 aromatic carbocycles. The van der Waals surface area contributed by atoms with Crippen LogP contribution in [0.1, 0.15) is 39.5 Å². The predicted molar refractivity (Wildman–Crippen MR) is 116 cm³/mol. The molecule has 1 N–H and O–H groups in total. The maximum atomic E-state index is 12.0. The molecule has 0 radical (unpaired) electrons. The van der Waals surface area contributed by atoms with Crippen molar-refractivity contribution in [2.75, 3.05) is 13.7 Å². The summed E-state index contributed by atoms with van der Waals surface area (Å²) in [5, 5.41) is 0.743. The minimum Gasteiger partial charge on any atom is -0.496 e. The van der Waals surface area contributed by atoms with Crippen LogP contribution < -0.4 is 4.74 Å². The van der Waals surface area contributed by atoms with E-state index in [1.807, 2.05) is 6.07 Å². The second-order valence-corrected chi connectivity index (χ2v) is 7.77. The van der Waals surface area contributed by atoms with Crippen molar-refractivity contribution in [1.82, 2.24) is 4.98 Å². The van der Waals surface area contributed by atoms with Crippen molar-refractivity contribution in [3.8, 4) is 5.75 Å². The number of aromatic amines is 1. The van der Waals surface area contributed by atoms with Crippen LogP contribution in [0.2, 0.25) is 0 Å². The number of carbonyl (C=O) groups excluding carboxylic acids is 4. The van der Waals surface area contributed by atoms with Gasteiger partial charge in [-0.05, 0) is 18.2 Å². The van der Waals surface area contributed by atoms with Gasteiger partial charge in [-0.25, -0.2) is 0 Å². The Bertz CT molecular complexity index is 1080. The molecule has 3 rings (SSSR count). The maximum Gasteiger partial charge on any atom is 0.303 e. The Labute approximate surface area is 195 Å². The Morgan fingerprint density at radius 2 is 1.50 bits per heavy atom. The number of rotatable bonds is 7. The number of carbonyl (C=O) groups is 4. The summed E-state index contributed by atoms with van der Waals surface area (Å²) in [5.74, 6) is -2.02. The van der Waals surface area contributed by atoms with Crippen LogP contribution in [-0.2, 0) is 42.9 Å². The number of H-pyrrole nitrogens is 1. The van der Waals surface area contributed by atoms with Crippen LogP contribution in [0.25, 0.3) is 10.9 Å². The van der Waals surface area contributed by atoms with E-state index in [0.29, 0.717) is 11.4 Å². The number of methoxy groups -OCH3 is 1. The molecule has 2 aromatic rings. The van der Waals surface area contributed by atoms with Crippen molar-refractivity contribution < 1.29 is 47.6 Å². The zero-order valence-electron chi connectivity index (χ0n) is 19.5. The van der Waals surface area contributed by atoms with Crippen LogP contribution in [0, 0.1) is 0 Å². The minimum absolute atomic E-state index is 0.294. The number of hydrogen-bond donors (Lipinski definition) is 1. The summed E-state index contributed by atoms with van der Waals surface area (Å²) in [6, 6.07) is 7.17. The normalized spacial score (nSPS) is 24.2. The van der Waals surface area contributed by atoms with Gasteiger partial charge in [0, 0.05) is 44.3 Å². The number of hydrogen-bond acceptors (Lipinski definition) is 10. The average Bonchev–Trinajstić information content (AvgIpc) is 3.18. The largest absolute Gasteiger partial charge is 0.496 e. The predicted octanol–water partition coefficient (Wildman–Crippen LogP) is 1.97. The van der Waals surface area contributed by atoms with Crippen molar-refractivity contribution in [3.05, 3.63) is 30.0 Å². The molecule has 0 saturated carbocycles. The Morgan fingerprint density at radius 1 is 0.882 bits per heavy atom. The Balaban J connectivity index is 2.11. The quantitative estimate of drug-likeness (QED) is 0.465. The lowest BCUT2D eigenvalue weighted by Gasteiger charge is -2.44. The van der Waals surface area contributed by atoms with Gasteiger partial charge in [-0.1, -0.05) is 6.07 Å². The van der Waals surface area contributed by atoms with Gasteiger partial charge in [-0.15, -0.1) is 0 Å². The van der Waals surface area contributed by atoms with Gasteiger partial charge in [0.1, 0.15) is 24.6 Å². The van der Waals surface area contributed by atoms with E-state index < -0.39 is 54.4 Å². The SMILES string of the molecule is COc1cccc2[nH]c([C@@H]3O[C@H](COC(C)=O)[C@@H](OC(C)=O)[C@H](OC(C)=O)[C@H]3OC(C)=O)cc12. The van der Waals surface area contributed by atoms with Crippen molar-refractivity contribution in [2.45, 2.75) is 58.2 Å². The summed E-state index contributed by atoms with van der Waals surface area (Å²) in [6.45, 7) is 4.47. The topological polar surface area (TPSA) is 139 Å². The van der Waals surface area contributed by atoms with Gasteiger partial charge in [0.15, 0.2) is 18.3 Å². The van der Waals surface area contributed by atoms with Gasteiger partial charge in [0.05, 0.1) is 7.11 Å². The van der Waals surface area contributed by atoms with E-state index in [1.54, 1.807) is 18.2 Å². The molecule has 0 aliphatic carbocycles. The lowest BCUT2D eigenvalue weighted by atomic mass is 9.92. The third kappa shape index (κ3) is 5.66. The molecule has 0 amide bonds. The minimum atomic E-state index is -1.24. The summed E-state index contributed by atoms with van der Waals surface area (Å²) >= 11 is 0. The molecule has 2 heterocycles. The fraction of sp³-hybridized carbons (Fsp3) is 0.478. The van der Waals surface area contributed by atoms with E-state index in [4.69, 9.17) is 28.4 Å². The number of benzene rings is 1. The molecule has 5 atom stereocenters. The summed E-state index contributed by atoms with van der Waals surface area (Å²) in [5.41, 5.74) is 1.21. The smallest absolute Gasteiger partial charge is 0.303 e. The van der Waals surface area contributed by atoms with Crippen LogP contribution >= 0.6 is 0 Å². The van der Waals surface area contributed by atoms with E-state index in [0.717, 1.165) is 10.9 Å². The maximum absolute atomic E-state index is 12.0. The van der Waals surface area contributed by atoms with Crippen LogP contribution in [0.3, 0.4) is 0 Å². The summed E-state index contributed by atoms with van der Waals surface area (Å²) in [4.78, 5) is 50.5. The van der Waals surface area contributed by atoms with Crippen molar-refractivity contribution in [3.63, 3.8) is 0 Å². The van der Waals surface area contributed by atoms with Gasteiger partial charge in [-0.2, -0.15) is 0 Å². The molecule has 0 unspecified atom stereocenters. The molecule has 1 aliphatic rings. The highest BCUT2D eigenvalue weighted by Gasteiger charge is 2.53. The van der Waals surface area contributed by atoms with Crippen molar-refractivity contribution >= 4 is 34.8 Å². The van der Waals surface area contributed by atoms with Gasteiger partial charge < -0.3 is 33.4 Å². The molecule has 1 aliphatic heterocycles. The van der Waals surface area contributed by atoms with E-state index >= 15 is 0 Å². The molecule has 11 nitrogen and oxygen atoms in total. The second-order valence-electron chi connectivity index (χ2n) is 7.77. The number of nitrogens with one attached hydrogen (secondary N) is 1. The monoisotopic (exact) mass is 477 g/mol. The Kier molecular flexibility index (Phi) is 7.77. The van der Waals surface area contributed by atoms with Crippen LogP contribution in [-0.4, -0.2) is 67.0 Å². The number of ether oxygens (including phenoxy) is 6. The summed E-state index contributed by atoms with van der Waals surface area (Å²) in [7, 11) is 1.54. The van der Waals surface area contributed by atoms with E-state index in [-0.39, 0.29) is 6.61 Å². The third-order valence-corrected chi connectivity index (χ3v) is 5.16. The summed E-state index contributed by atoms with van der Waals surface area (Å²) < 4.78 is 33.1. The fourth-order valence-corrected chi connectivity index (χ4v) is 3.96. The fourth-order valence-electron chi connectivity index (χ4n) is 3.96. The highest BCUT2D eigenvalue weighted by molar-refractivity contribution is 5.86. The van der Waals surface area contributed by atoms with Gasteiger partial charge >= 0.3 is 23.9 Å². The molecule has 34 heavy (non-hydrogen) atoms. The highest BCUT2D eigenvalue weighted by atomic mass is 16.7. The van der Waals surface area contributed by atoms with E-state index in [9.17, 15) is 19.2 Å². The number of aromatic nitrogens is 1. The Morgan fingerprint density at radius 3 is 2.09 bits per heavy atom. The summed E-state index contributed by atoms with van der Waals surface area (Å²) in [6.07, 6.45) is -5.64. The molecular weight excluding hydrogens is 450 g/mol. The molecule has 0 spiro atoms. The van der Waals surface area contributed by atoms with Crippen LogP contribution in [0.5, 0.6) is 5.75 Å². The first kappa shape index (κ1) is 25.0.